The van der Waals surface area contributed by atoms with Gasteiger partial charge in [0.25, 0.3) is 0 Å². The SMILES string of the molecule is C[C@H]1c2c(cc(F)c(Cl)c2Br)O[C@]1(CNC(=O)OC(C)(C)C)C1=NCCC=C1. The molecule has 0 saturated heterocycles. The molecule has 0 aliphatic carbocycles. The van der Waals surface area contributed by atoms with E-state index in [-0.39, 0.29) is 17.5 Å². The fourth-order valence-electron chi connectivity index (χ4n) is 3.45. The Labute approximate surface area is 177 Å². The number of carbonyl (C=O) groups excluding carboxylic acids is 1. The Kier molecular flexibility index (Phi) is 5.79. The van der Waals surface area contributed by atoms with Crippen LogP contribution < -0.4 is 10.1 Å². The van der Waals surface area contributed by atoms with E-state index in [0.29, 0.717) is 22.5 Å². The number of ether oxygens (including phenoxy) is 2. The molecule has 3 rings (SSSR count). The van der Waals surface area contributed by atoms with Gasteiger partial charge in [-0.05, 0) is 49.2 Å². The fourth-order valence-corrected chi connectivity index (χ4v) is 4.33. The van der Waals surface area contributed by atoms with Gasteiger partial charge in [-0.25, -0.2) is 9.18 Å². The molecule has 1 N–H and O–H groups in total. The van der Waals surface area contributed by atoms with Gasteiger partial charge in [0, 0.05) is 28.6 Å². The fraction of sp³-hybridized carbons (Fsp3) is 0.500. The van der Waals surface area contributed by atoms with Crippen LogP contribution in [0.1, 0.15) is 45.6 Å². The summed E-state index contributed by atoms with van der Waals surface area (Å²) < 4.78 is 26.2. The van der Waals surface area contributed by atoms with E-state index in [1.54, 1.807) is 20.8 Å². The minimum absolute atomic E-state index is 0.00577. The molecule has 2 aliphatic heterocycles. The number of halogens is 3. The molecular weight excluding hydrogens is 451 g/mol. The van der Waals surface area contributed by atoms with E-state index in [0.717, 1.165) is 12.0 Å². The molecule has 0 fully saturated rings. The van der Waals surface area contributed by atoms with Crippen LogP contribution >= 0.6 is 27.5 Å². The number of dihydropyridines is 1. The van der Waals surface area contributed by atoms with Gasteiger partial charge >= 0.3 is 6.09 Å². The van der Waals surface area contributed by atoms with Crippen molar-refractivity contribution >= 4 is 39.3 Å². The lowest BCUT2D eigenvalue weighted by Gasteiger charge is -2.34. The van der Waals surface area contributed by atoms with Crippen LogP contribution in [-0.4, -0.2) is 36.1 Å². The van der Waals surface area contributed by atoms with Gasteiger partial charge in [0.2, 0.25) is 0 Å². The first-order valence-corrected chi connectivity index (χ1v) is 10.3. The van der Waals surface area contributed by atoms with Gasteiger partial charge in [0.1, 0.15) is 17.2 Å². The monoisotopic (exact) mass is 472 g/mol. The predicted octanol–water partition coefficient (Wildman–Crippen LogP) is 5.40. The smallest absolute Gasteiger partial charge is 0.407 e. The van der Waals surface area contributed by atoms with Crippen LogP contribution in [0.4, 0.5) is 9.18 Å². The van der Waals surface area contributed by atoms with Crippen LogP contribution in [0.5, 0.6) is 5.75 Å². The van der Waals surface area contributed by atoms with E-state index in [4.69, 9.17) is 21.1 Å². The van der Waals surface area contributed by atoms with Crippen molar-refractivity contribution in [1.82, 2.24) is 5.32 Å². The van der Waals surface area contributed by atoms with Gasteiger partial charge in [-0.1, -0.05) is 24.6 Å². The average Bonchev–Trinajstić information content (AvgIpc) is 2.90. The highest BCUT2D eigenvalue weighted by molar-refractivity contribution is 9.10. The van der Waals surface area contributed by atoms with Crippen molar-refractivity contribution in [3.05, 3.63) is 39.1 Å². The summed E-state index contributed by atoms with van der Waals surface area (Å²) in [5, 5.41) is 2.80. The molecule has 1 aromatic rings. The van der Waals surface area contributed by atoms with Gasteiger partial charge in [0.05, 0.1) is 17.3 Å². The first-order valence-electron chi connectivity index (χ1n) is 9.10. The zero-order chi connectivity index (χ0) is 20.7. The number of nitrogens with one attached hydrogen (secondary N) is 1. The minimum Gasteiger partial charge on any atom is -0.478 e. The second-order valence-electron chi connectivity index (χ2n) is 7.92. The van der Waals surface area contributed by atoms with Gasteiger partial charge in [0.15, 0.2) is 5.60 Å². The van der Waals surface area contributed by atoms with Gasteiger partial charge in [-0.3, -0.25) is 4.99 Å². The highest BCUT2D eigenvalue weighted by atomic mass is 79.9. The number of hydrogen-bond acceptors (Lipinski definition) is 4. The lowest BCUT2D eigenvalue weighted by Crippen LogP contribution is -2.54. The maximum Gasteiger partial charge on any atom is 0.407 e. The minimum atomic E-state index is -0.990. The molecule has 1 aromatic carbocycles. The van der Waals surface area contributed by atoms with E-state index in [1.807, 2.05) is 19.1 Å². The molecule has 0 radical (unpaired) electrons. The zero-order valence-corrected chi connectivity index (χ0v) is 18.6. The van der Waals surface area contributed by atoms with Crippen molar-refractivity contribution in [3.8, 4) is 5.75 Å². The van der Waals surface area contributed by atoms with Crippen LogP contribution in [0.25, 0.3) is 0 Å². The average molecular weight is 474 g/mol. The Bertz CT molecular complexity index is 866. The predicted molar refractivity (Wildman–Crippen MR) is 111 cm³/mol. The number of carbonyl (C=O) groups is 1. The molecule has 0 saturated carbocycles. The van der Waals surface area contributed by atoms with Crippen molar-refractivity contribution in [2.75, 3.05) is 13.1 Å². The quantitative estimate of drug-likeness (QED) is 0.598. The van der Waals surface area contributed by atoms with Gasteiger partial charge in [-0.15, -0.1) is 0 Å². The van der Waals surface area contributed by atoms with Crippen molar-refractivity contribution in [1.29, 1.82) is 0 Å². The molecule has 152 valence electrons. The number of fused-ring (bicyclic) bond motifs is 1. The zero-order valence-electron chi connectivity index (χ0n) is 16.2. The Morgan fingerprint density at radius 2 is 2.25 bits per heavy atom. The number of nitrogens with zero attached hydrogens (tertiary/aromatic N) is 1. The van der Waals surface area contributed by atoms with E-state index in [2.05, 4.69) is 26.2 Å². The summed E-state index contributed by atoms with van der Waals surface area (Å²) in [5.41, 5.74) is -0.166. The third kappa shape index (κ3) is 3.92. The number of aliphatic imine (C=N–C) groups is 1. The third-order valence-corrected chi connectivity index (χ3v) is 6.19. The number of rotatable bonds is 3. The molecule has 28 heavy (non-hydrogen) atoms. The Balaban J connectivity index is 1.97. The molecule has 0 bridgehead atoms. The summed E-state index contributed by atoms with van der Waals surface area (Å²) in [7, 11) is 0. The van der Waals surface area contributed by atoms with Gasteiger partial charge < -0.3 is 14.8 Å². The Hall–Kier alpha value is -1.60. The lowest BCUT2D eigenvalue weighted by molar-refractivity contribution is 0.0476. The van der Waals surface area contributed by atoms with Crippen molar-refractivity contribution in [2.45, 2.75) is 51.2 Å². The van der Waals surface area contributed by atoms with Crippen molar-refractivity contribution in [3.63, 3.8) is 0 Å². The largest absolute Gasteiger partial charge is 0.478 e. The van der Waals surface area contributed by atoms with Gasteiger partial charge in [-0.2, -0.15) is 0 Å². The maximum atomic E-state index is 14.2. The molecule has 1 amide bonds. The topological polar surface area (TPSA) is 59.9 Å². The third-order valence-electron chi connectivity index (χ3n) is 4.77. The summed E-state index contributed by atoms with van der Waals surface area (Å²) in [6.07, 6.45) is 4.19. The van der Waals surface area contributed by atoms with Crippen LogP contribution in [0.3, 0.4) is 0 Å². The second-order valence-corrected chi connectivity index (χ2v) is 9.10. The van der Waals surface area contributed by atoms with E-state index < -0.39 is 23.1 Å². The normalized spacial score (nSPS) is 23.7. The van der Waals surface area contributed by atoms with Crippen LogP contribution in [0, 0.1) is 5.82 Å². The number of benzene rings is 1. The summed E-state index contributed by atoms with van der Waals surface area (Å²) in [5.74, 6) is -0.433. The molecule has 8 heteroatoms. The molecule has 0 aromatic heterocycles. The highest BCUT2D eigenvalue weighted by Gasteiger charge is 2.51. The molecular formula is C20H23BrClFN2O3. The molecule has 0 spiro atoms. The van der Waals surface area contributed by atoms with Crippen LogP contribution in [0.2, 0.25) is 5.02 Å². The maximum absolute atomic E-state index is 14.2. The number of alkyl carbamates (subject to hydrolysis) is 1. The molecule has 2 aliphatic rings. The van der Waals surface area contributed by atoms with Crippen molar-refractivity contribution in [2.24, 2.45) is 4.99 Å². The molecule has 5 nitrogen and oxygen atoms in total. The molecule has 2 heterocycles. The number of hydrogen-bond donors (Lipinski definition) is 1. The summed E-state index contributed by atoms with van der Waals surface area (Å²) in [4.78, 5) is 16.9. The Morgan fingerprint density at radius 1 is 1.54 bits per heavy atom. The molecule has 2 atom stereocenters. The first kappa shape index (κ1) is 21.1. The second kappa shape index (κ2) is 7.67. The van der Waals surface area contributed by atoms with E-state index in [1.165, 1.54) is 6.07 Å². The summed E-state index contributed by atoms with van der Waals surface area (Å²) >= 11 is 9.49. The van der Waals surface area contributed by atoms with E-state index >= 15 is 0 Å². The van der Waals surface area contributed by atoms with E-state index in [9.17, 15) is 9.18 Å². The highest BCUT2D eigenvalue weighted by Crippen LogP contribution is 2.51. The standard InChI is InChI=1S/C20H23BrClFN2O3/c1-11-15-13(9-12(23)17(22)16(15)21)27-20(11,14-7-5-6-8-24-14)10-25-18(26)28-19(2,3)4/h5,7,9,11H,6,8,10H2,1-4H3,(H,25,26)/t11-,20-/m0/s1. The summed E-state index contributed by atoms with van der Waals surface area (Å²) in [6, 6.07) is 1.28. The Morgan fingerprint density at radius 3 is 2.86 bits per heavy atom. The first-order chi connectivity index (χ1) is 13.0. The lowest BCUT2D eigenvalue weighted by atomic mass is 9.81. The summed E-state index contributed by atoms with van der Waals surface area (Å²) in [6.45, 7) is 8.08. The van der Waals surface area contributed by atoms with Crippen molar-refractivity contribution < 1.29 is 18.7 Å². The molecule has 0 unspecified atom stereocenters. The number of amides is 1. The van der Waals surface area contributed by atoms with Crippen LogP contribution in [0.15, 0.2) is 27.7 Å². The van der Waals surface area contributed by atoms with Crippen LogP contribution in [-0.2, 0) is 4.74 Å².